The van der Waals surface area contributed by atoms with Crippen LogP contribution in [-0.4, -0.2) is 24.0 Å². The smallest absolute Gasteiger partial charge is 0.221 e. The summed E-state index contributed by atoms with van der Waals surface area (Å²) in [4.78, 5) is 15.2. The lowest BCUT2D eigenvalue weighted by Crippen LogP contribution is -2.27. The molecule has 0 aliphatic carbocycles. The number of fused-ring (bicyclic) bond motifs is 1. The van der Waals surface area contributed by atoms with Crippen molar-refractivity contribution in [3.05, 3.63) is 64.3 Å². The first-order chi connectivity index (χ1) is 12.1. The molecule has 130 valence electrons. The van der Waals surface area contributed by atoms with Gasteiger partial charge in [-0.2, -0.15) is 0 Å². The van der Waals surface area contributed by atoms with E-state index in [1.807, 2.05) is 30.5 Å². The van der Waals surface area contributed by atoms with Gasteiger partial charge in [-0.05, 0) is 36.2 Å². The Morgan fingerprint density at radius 1 is 1.04 bits per heavy atom. The van der Waals surface area contributed by atoms with Gasteiger partial charge in [0.2, 0.25) is 5.91 Å². The fraction of sp³-hybridized carbons (Fsp3) is 0.211. The molecule has 1 heterocycles. The molecule has 2 aromatic carbocycles. The Kier molecular flexibility index (Phi) is 5.84. The average Bonchev–Trinajstić information content (AvgIpc) is 3.01. The van der Waals surface area contributed by atoms with Crippen molar-refractivity contribution in [2.24, 2.45) is 0 Å². The third-order valence-electron chi connectivity index (χ3n) is 3.99. The molecule has 0 fully saturated rings. The molecule has 0 saturated heterocycles. The van der Waals surface area contributed by atoms with Gasteiger partial charge in [-0.25, -0.2) is 0 Å². The molecule has 4 nitrogen and oxygen atoms in total. The number of rotatable bonds is 7. The first-order valence-corrected chi connectivity index (χ1v) is 8.89. The van der Waals surface area contributed by atoms with Crippen molar-refractivity contribution in [1.82, 2.24) is 10.3 Å². The van der Waals surface area contributed by atoms with Gasteiger partial charge >= 0.3 is 0 Å². The Bertz CT molecular complexity index is 876. The summed E-state index contributed by atoms with van der Waals surface area (Å²) in [6.45, 7) is 1.16. The molecule has 0 saturated carbocycles. The number of anilines is 1. The van der Waals surface area contributed by atoms with E-state index in [9.17, 15) is 4.79 Å². The third kappa shape index (κ3) is 4.68. The second-order valence-electron chi connectivity index (χ2n) is 5.77. The molecule has 1 amide bonds. The first-order valence-electron chi connectivity index (χ1n) is 8.14. The fourth-order valence-electron chi connectivity index (χ4n) is 2.69. The Labute approximate surface area is 156 Å². The number of amides is 1. The molecule has 0 unspecified atom stereocenters. The van der Waals surface area contributed by atoms with Gasteiger partial charge in [0.1, 0.15) is 0 Å². The summed E-state index contributed by atoms with van der Waals surface area (Å²) in [5, 5.41) is 8.33. The van der Waals surface area contributed by atoms with E-state index >= 15 is 0 Å². The van der Waals surface area contributed by atoms with Crippen molar-refractivity contribution in [3.8, 4) is 0 Å². The molecule has 0 radical (unpaired) electrons. The van der Waals surface area contributed by atoms with E-state index in [4.69, 9.17) is 23.2 Å². The summed E-state index contributed by atoms with van der Waals surface area (Å²) >= 11 is 11.8. The summed E-state index contributed by atoms with van der Waals surface area (Å²) in [5.74, 6) is 0.0207. The number of aromatic nitrogens is 1. The minimum atomic E-state index is 0.0207. The zero-order valence-electron chi connectivity index (χ0n) is 13.6. The van der Waals surface area contributed by atoms with Crippen LogP contribution >= 0.6 is 23.2 Å². The van der Waals surface area contributed by atoms with Crippen LogP contribution in [0.5, 0.6) is 0 Å². The molecule has 3 N–H and O–H groups in total. The van der Waals surface area contributed by atoms with Crippen LogP contribution in [-0.2, 0) is 11.2 Å². The highest BCUT2D eigenvalue weighted by atomic mass is 35.5. The lowest BCUT2D eigenvalue weighted by Gasteiger charge is -2.08. The van der Waals surface area contributed by atoms with E-state index in [2.05, 4.69) is 21.7 Å². The number of para-hydroxylation sites is 1. The van der Waals surface area contributed by atoms with Gasteiger partial charge in [0, 0.05) is 42.3 Å². The second kappa shape index (κ2) is 8.28. The number of benzene rings is 2. The highest BCUT2D eigenvalue weighted by molar-refractivity contribution is 6.42. The summed E-state index contributed by atoms with van der Waals surface area (Å²) < 4.78 is 0. The monoisotopic (exact) mass is 375 g/mol. The second-order valence-corrected chi connectivity index (χ2v) is 6.58. The van der Waals surface area contributed by atoms with Gasteiger partial charge < -0.3 is 15.6 Å². The van der Waals surface area contributed by atoms with Crippen LogP contribution in [0.2, 0.25) is 10.0 Å². The van der Waals surface area contributed by atoms with Crippen LogP contribution in [0, 0.1) is 0 Å². The normalized spacial score (nSPS) is 10.8. The zero-order valence-corrected chi connectivity index (χ0v) is 15.1. The van der Waals surface area contributed by atoms with Crippen LogP contribution in [0.3, 0.4) is 0 Å². The third-order valence-corrected chi connectivity index (χ3v) is 4.73. The zero-order chi connectivity index (χ0) is 17.6. The fourth-order valence-corrected chi connectivity index (χ4v) is 2.99. The van der Waals surface area contributed by atoms with E-state index in [-0.39, 0.29) is 5.91 Å². The van der Waals surface area contributed by atoms with Crippen molar-refractivity contribution < 1.29 is 4.79 Å². The van der Waals surface area contributed by atoms with Crippen LogP contribution in [0.4, 0.5) is 5.69 Å². The average molecular weight is 376 g/mol. The molecule has 0 spiro atoms. The standard InChI is InChI=1S/C19H19Cl2N3O/c20-16-6-5-14(11-17(16)21)22-10-8-19(25)23-9-7-13-12-24-18-4-2-1-3-15(13)18/h1-6,11-12,22,24H,7-10H2,(H,23,25). The Morgan fingerprint density at radius 3 is 2.72 bits per heavy atom. The van der Waals surface area contributed by atoms with Gasteiger partial charge in [0.05, 0.1) is 10.0 Å². The lowest BCUT2D eigenvalue weighted by molar-refractivity contribution is -0.120. The molecule has 6 heteroatoms. The van der Waals surface area contributed by atoms with E-state index in [1.165, 1.54) is 10.9 Å². The molecule has 3 aromatic rings. The number of carbonyl (C=O) groups excluding carboxylic acids is 1. The van der Waals surface area contributed by atoms with Crippen LogP contribution < -0.4 is 10.6 Å². The van der Waals surface area contributed by atoms with Crippen LogP contribution in [0.15, 0.2) is 48.7 Å². The summed E-state index contributed by atoms with van der Waals surface area (Å²) in [6, 6.07) is 13.5. The highest BCUT2D eigenvalue weighted by Gasteiger charge is 2.05. The quantitative estimate of drug-likeness (QED) is 0.563. The van der Waals surface area contributed by atoms with Crippen LogP contribution in [0.25, 0.3) is 10.9 Å². The van der Waals surface area contributed by atoms with E-state index in [1.54, 1.807) is 12.1 Å². The number of carbonyl (C=O) groups is 1. The molecule has 0 bridgehead atoms. The van der Waals surface area contributed by atoms with E-state index in [0.29, 0.717) is 29.6 Å². The summed E-state index contributed by atoms with van der Waals surface area (Å²) in [5.41, 5.74) is 3.18. The number of hydrogen-bond donors (Lipinski definition) is 3. The molecule has 0 atom stereocenters. The molecule has 0 aliphatic rings. The van der Waals surface area contributed by atoms with Crippen molar-refractivity contribution >= 4 is 45.7 Å². The van der Waals surface area contributed by atoms with Gasteiger partial charge in [-0.1, -0.05) is 41.4 Å². The predicted octanol–water partition coefficient (Wildman–Crippen LogP) is 4.64. The molecule has 1 aromatic heterocycles. The molecular weight excluding hydrogens is 357 g/mol. The molecule has 0 aliphatic heterocycles. The van der Waals surface area contributed by atoms with Gasteiger partial charge in [0.15, 0.2) is 0 Å². The number of aromatic amines is 1. The SMILES string of the molecule is O=C(CCNc1ccc(Cl)c(Cl)c1)NCCc1c[nH]c2ccccc12. The minimum absolute atomic E-state index is 0.0207. The Morgan fingerprint density at radius 2 is 1.88 bits per heavy atom. The van der Waals surface area contributed by atoms with Crippen molar-refractivity contribution in [2.45, 2.75) is 12.8 Å². The van der Waals surface area contributed by atoms with Crippen molar-refractivity contribution in [3.63, 3.8) is 0 Å². The predicted molar refractivity (Wildman–Crippen MR) is 105 cm³/mol. The Hall–Kier alpha value is -2.17. The Balaban J connectivity index is 1.40. The first kappa shape index (κ1) is 17.6. The number of halogens is 2. The molecule has 3 rings (SSSR count). The number of hydrogen-bond acceptors (Lipinski definition) is 2. The van der Waals surface area contributed by atoms with Crippen LogP contribution in [0.1, 0.15) is 12.0 Å². The maximum absolute atomic E-state index is 11.9. The van der Waals surface area contributed by atoms with Gasteiger partial charge in [-0.15, -0.1) is 0 Å². The van der Waals surface area contributed by atoms with Crippen molar-refractivity contribution in [1.29, 1.82) is 0 Å². The van der Waals surface area contributed by atoms with E-state index in [0.717, 1.165) is 17.6 Å². The number of nitrogens with one attached hydrogen (secondary N) is 3. The number of H-pyrrole nitrogens is 1. The van der Waals surface area contributed by atoms with Crippen molar-refractivity contribution in [2.75, 3.05) is 18.4 Å². The van der Waals surface area contributed by atoms with E-state index < -0.39 is 0 Å². The largest absolute Gasteiger partial charge is 0.384 e. The highest BCUT2D eigenvalue weighted by Crippen LogP contribution is 2.24. The lowest BCUT2D eigenvalue weighted by atomic mass is 10.1. The minimum Gasteiger partial charge on any atom is -0.384 e. The summed E-state index contributed by atoms with van der Waals surface area (Å²) in [7, 11) is 0. The topological polar surface area (TPSA) is 56.9 Å². The van der Waals surface area contributed by atoms with Gasteiger partial charge in [0.25, 0.3) is 0 Å². The summed E-state index contributed by atoms with van der Waals surface area (Å²) in [6.07, 6.45) is 3.20. The molecule has 25 heavy (non-hydrogen) atoms. The molecular formula is C19H19Cl2N3O. The van der Waals surface area contributed by atoms with Gasteiger partial charge in [-0.3, -0.25) is 4.79 Å². The maximum atomic E-state index is 11.9. The maximum Gasteiger partial charge on any atom is 0.221 e.